The zero-order chi connectivity index (χ0) is 22.9. The number of hydrogen-bond acceptors (Lipinski definition) is 10. The quantitative estimate of drug-likeness (QED) is 0.333. The average molecular weight is 438 g/mol. The van der Waals surface area contributed by atoms with E-state index in [2.05, 4.69) is 0 Å². The highest BCUT2D eigenvalue weighted by Crippen LogP contribution is 2.35. The summed E-state index contributed by atoms with van der Waals surface area (Å²) >= 11 is 0. The van der Waals surface area contributed by atoms with Gasteiger partial charge in [0.1, 0.15) is 52.6 Å². The van der Waals surface area contributed by atoms with Crippen LogP contribution in [0.3, 0.4) is 0 Å². The van der Waals surface area contributed by atoms with Gasteiger partial charge in [-0.2, -0.15) is 0 Å². The van der Waals surface area contributed by atoms with Crippen molar-refractivity contribution in [3.8, 4) is 11.5 Å². The Kier molecular flexibility index (Phi) is 6.99. The third-order valence-corrected chi connectivity index (χ3v) is 5.18. The Hall–Kier alpha value is -2.47. The lowest BCUT2D eigenvalue weighted by molar-refractivity contribution is -0.299. The molecule has 1 fully saturated rings. The Morgan fingerprint density at radius 3 is 2.55 bits per heavy atom. The summed E-state index contributed by atoms with van der Waals surface area (Å²) in [5.41, 5.74) is 0.419. The summed E-state index contributed by atoms with van der Waals surface area (Å²) in [5, 5.41) is 59.5. The number of rotatable bonds is 6. The molecule has 0 spiro atoms. The van der Waals surface area contributed by atoms with Gasteiger partial charge in [-0.1, -0.05) is 11.6 Å². The lowest BCUT2D eigenvalue weighted by atomic mass is 9.99. The molecule has 2 aromatic rings. The van der Waals surface area contributed by atoms with Crippen LogP contribution in [0.1, 0.15) is 18.2 Å². The lowest BCUT2D eigenvalue weighted by Gasteiger charge is -2.39. The SMILES string of the molecule is CC(=CCc1c(O)cc2oc(C)cc(=O)c2c1O)CO[C@@H]1O[C@H](CO)[C@@H](O)[C@H](O)[C@H]1O. The minimum atomic E-state index is -1.54. The van der Waals surface area contributed by atoms with Crippen molar-refractivity contribution in [3.05, 3.63) is 45.3 Å². The number of hydrogen-bond donors (Lipinski definition) is 6. The smallest absolute Gasteiger partial charge is 0.196 e. The molecule has 10 heteroatoms. The predicted octanol–water partition coefficient (Wildman–Crippen LogP) is -0.182. The van der Waals surface area contributed by atoms with E-state index in [0.717, 1.165) is 0 Å². The zero-order valence-electron chi connectivity index (χ0n) is 17.1. The normalized spacial score (nSPS) is 27.0. The van der Waals surface area contributed by atoms with E-state index in [1.54, 1.807) is 19.9 Å². The molecule has 6 N–H and O–H groups in total. The third kappa shape index (κ3) is 4.74. The summed E-state index contributed by atoms with van der Waals surface area (Å²) in [6.45, 7) is 2.67. The van der Waals surface area contributed by atoms with E-state index in [4.69, 9.17) is 13.9 Å². The first-order valence-corrected chi connectivity index (χ1v) is 9.70. The molecular weight excluding hydrogens is 412 g/mol. The molecule has 0 unspecified atom stereocenters. The molecule has 5 atom stereocenters. The van der Waals surface area contributed by atoms with Crippen LogP contribution in [-0.4, -0.2) is 74.6 Å². The Labute approximate surface area is 177 Å². The van der Waals surface area contributed by atoms with Crippen LogP contribution >= 0.6 is 0 Å². The average Bonchev–Trinajstić information content (AvgIpc) is 2.70. The number of fused-ring (bicyclic) bond motifs is 1. The molecular formula is C21H26O10. The number of aryl methyl sites for hydroxylation is 1. The second-order valence-corrected chi connectivity index (χ2v) is 7.58. The third-order valence-electron chi connectivity index (χ3n) is 5.18. The van der Waals surface area contributed by atoms with Crippen molar-refractivity contribution in [2.24, 2.45) is 0 Å². The monoisotopic (exact) mass is 438 g/mol. The number of phenols is 2. The van der Waals surface area contributed by atoms with Crippen LogP contribution in [0.2, 0.25) is 0 Å². The van der Waals surface area contributed by atoms with Crippen molar-refractivity contribution in [2.75, 3.05) is 13.2 Å². The number of aliphatic hydroxyl groups excluding tert-OH is 4. The second kappa shape index (κ2) is 9.35. The number of aromatic hydroxyl groups is 2. The van der Waals surface area contributed by atoms with Crippen molar-refractivity contribution >= 4 is 11.0 Å². The van der Waals surface area contributed by atoms with Crippen molar-refractivity contribution in [1.82, 2.24) is 0 Å². The molecule has 1 saturated heterocycles. The van der Waals surface area contributed by atoms with Crippen LogP contribution < -0.4 is 5.43 Å². The zero-order valence-corrected chi connectivity index (χ0v) is 17.1. The van der Waals surface area contributed by atoms with Crippen LogP contribution in [0, 0.1) is 6.92 Å². The summed E-state index contributed by atoms with van der Waals surface area (Å²) in [6, 6.07) is 2.52. The molecule has 0 bridgehead atoms. The summed E-state index contributed by atoms with van der Waals surface area (Å²) in [6.07, 6.45) is -5.16. The van der Waals surface area contributed by atoms with Gasteiger partial charge in [0.25, 0.3) is 0 Å². The molecule has 1 aliphatic heterocycles. The van der Waals surface area contributed by atoms with Crippen molar-refractivity contribution in [3.63, 3.8) is 0 Å². The van der Waals surface area contributed by atoms with Crippen molar-refractivity contribution in [2.45, 2.75) is 51.0 Å². The number of ether oxygens (including phenoxy) is 2. The fourth-order valence-corrected chi connectivity index (χ4v) is 3.41. The van der Waals surface area contributed by atoms with Gasteiger partial charge in [0.2, 0.25) is 0 Å². The molecule has 0 saturated carbocycles. The van der Waals surface area contributed by atoms with Crippen LogP contribution in [0.5, 0.6) is 11.5 Å². The van der Waals surface area contributed by atoms with E-state index >= 15 is 0 Å². The summed E-state index contributed by atoms with van der Waals surface area (Å²) in [7, 11) is 0. The highest BCUT2D eigenvalue weighted by atomic mass is 16.7. The topological polar surface area (TPSA) is 170 Å². The number of benzene rings is 1. The molecule has 0 amide bonds. The molecule has 2 heterocycles. The fraction of sp³-hybridized carbons (Fsp3) is 0.476. The first-order valence-electron chi connectivity index (χ1n) is 9.70. The van der Waals surface area contributed by atoms with Gasteiger partial charge >= 0.3 is 0 Å². The van der Waals surface area contributed by atoms with E-state index in [-0.39, 0.29) is 41.1 Å². The summed E-state index contributed by atoms with van der Waals surface area (Å²) in [4.78, 5) is 12.2. The molecule has 3 rings (SSSR count). The fourth-order valence-electron chi connectivity index (χ4n) is 3.41. The van der Waals surface area contributed by atoms with Gasteiger partial charge < -0.3 is 44.5 Å². The van der Waals surface area contributed by atoms with Gasteiger partial charge in [0.15, 0.2) is 11.7 Å². The minimum Gasteiger partial charge on any atom is -0.507 e. The lowest BCUT2D eigenvalue weighted by Crippen LogP contribution is -2.59. The van der Waals surface area contributed by atoms with Gasteiger partial charge in [-0.15, -0.1) is 0 Å². The summed E-state index contributed by atoms with van der Waals surface area (Å²) in [5.74, 6) is -0.259. The maximum atomic E-state index is 12.2. The first-order chi connectivity index (χ1) is 14.6. The molecule has 1 aromatic carbocycles. The maximum Gasteiger partial charge on any atom is 0.196 e. The van der Waals surface area contributed by atoms with Crippen LogP contribution in [0.15, 0.2) is 33.0 Å². The van der Waals surface area contributed by atoms with Gasteiger partial charge in [-0.25, -0.2) is 0 Å². The molecule has 1 aromatic heterocycles. The molecule has 0 aliphatic carbocycles. The molecule has 170 valence electrons. The number of phenolic OH excluding ortho intramolecular Hbond substituents is 2. The van der Waals surface area contributed by atoms with Gasteiger partial charge in [0.05, 0.1) is 13.2 Å². The second-order valence-electron chi connectivity index (χ2n) is 7.58. The van der Waals surface area contributed by atoms with E-state index in [1.807, 2.05) is 0 Å². The highest BCUT2D eigenvalue weighted by molar-refractivity contribution is 5.86. The minimum absolute atomic E-state index is 0.0259. The Balaban J connectivity index is 1.72. The molecule has 1 aliphatic rings. The van der Waals surface area contributed by atoms with E-state index in [0.29, 0.717) is 11.3 Å². The molecule has 10 nitrogen and oxygen atoms in total. The summed E-state index contributed by atoms with van der Waals surface area (Å²) < 4.78 is 16.1. The number of aliphatic hydroxyl groups is 4. The van der Waals surface area contributed by atoms with Gasteiger partial charge in [0, 0.05) is 17.7 Å². The Morgan fingerprint density at radius 2 is 1.87 bits per heavy atom. The van der Waals surface area contributed by atoms with E-state index in [9.17, 15) is 35.4 Å². The standard InChI is InChI=1S/C21H26O10/c1-9(8-29-21-20(28)19(27)18(26)15(7-22)31-21)3-4-11-12(23)6-14-16(17(11)25)13(24)5-10(2)30-14/h3,5-6,15,18-23,25-28H,4,7-8H2,1-2H3/t15-,18-,19+,20-,21-/m1/s1. The van der Waals surface area contributed by atoms with E-state index in [1.165, 1.54) is 12.1 Å². The van der Waals surface area contributed by atoms with E-state index < -0.39 is 42.7 Å². The van der Waals surface area contributed by atoms with Crippen molar-refractivity contribution < 1.29 is 44.5 Å². The van der Waals surface area contributed by atoms with Crippen LogP contribution in [0.25, 0.3) is 11.0 Å². The largest absolute Gasteiger partial charge is 0.507 e. The van der Waals surface area contributed by atoms with Crippen LogP contribution in [-0.2, 0) is 15.9 Å². The maximum absolute atomic E-state index is 12.2. The Bertz CT molecular complexity index is 1020. The molecule has 31 heavy (non-hydrogen) atoms. The predicted molar refractivity (Wildman–Crippen MR) is 108 cm³/mol. The number of allylic oxidation sites excluding steroid dienone is 1. The van der Waals surface area contributed by atoms with Crippen molar-refractivity contribution in [1.29, 1.82) is 0 Å². The van der Waals surface area contributed by atoms with Crippen LogP contribution in [0.4, 0.5) is 0 Å². The first kappa shape index (κ1) is 23.2. The molecule has 0 radical (unpaired) electrons. The Morgan fingerprint density at radius 1 is 1.16 bits per heavy atom. The van der Waals surface area contributed by atoms with Gasteiger partial charge in [-0.3, -0.25) is 4.79 Å². The highest BCUT2D eigenvalue weighted by Gasteiger charge is 2.43. The van der Waals surface area contributed by atoms with Gasteiger partial charge in [-0.05, 0) is 20.3 Å².